The second kappa shape index (κ2) is 5.90. The third kappa shape index (κ3) is 2.18. The van der Waals surface area contributed by atoms with E-state index in [-0.39, 0.29) is 30.1 Å². The Balaban J connectivity index is 1.54. The van der Waals surface area contributed by atoms with Crippen LogP contribution < -0.4 is 4.90 Å². The predicted octanol–water partition coefficient (Wildman–Crippen LogP) is 5.38. The summed E-state index contributed by atoms with van der Waals surface area (Å²) in [5.74, 6) is -0.0607. The Morgan fingerprint density at radius 1 is 0.793 bits per heavy atom. The molecule has 1 atom stereocenters. The number of benzene rings is 3. The minimum Gasteiger partial charge on any atom is -0.274 e. The summed E-state index contributed by atoms with van der Waals surface area (Å²) in [4.78, 5) is 28.4. The minimum absolute atomic E-state index is 0.0520. The van der Waals surface area contributed by atoms with Gasteiger partial charge in [0.25, 0.3) is 0 Å². The first kappa shape index (κ1) is 17.2. The molecule has 1 spiro atoms. The summed E-state index contributed by atoms with van der Waals surface area (Å²) in [6, 6.07) is 24.3. The standard InChI is InChI=1S/C25H18BrNO2/c26-15-9-11-16(12-10-15)27-22(28)14-25(24(27)29)13-21-17-5-1-3-7-19(17)23(25)20-8-4-2-6-18(20)21/h1-12,21,23H,13-14H2/t21?,23?,25-/m1/s1. The van der Waals surface area contributed by atoms with Gasteiger partial charge < -0.3 is 0 Å². The highest BCUT2D eigenvalue weighted by Gasteiger charge is 2.62. The fourth-order valence-corrected chi connectivity index (χ4v) is 6.08. The maximum Gasteiger partial charge on any atom is 0.241 e. The molecule has 3 aromatic carbocycles. The number of hydrogen-bond donors (Lipinski definition) is 0. The van der Waals surface area contributed by atoms with E-state index in [2.05, 4.69) is 52.3 Å². The molecular weight excluding hydrogens is 426 g/mol. The van der Waals surface area contributed by atoms with Crippen LogP contribution in [0.1, 0.15) is 46.9 Å². The van der Waals surface area contributed by atoms with Gasteiger partial charge in [0.1, 0.15) is 0 Å². The molecule has 4 heteroatoms. The normalized spacial score (nSPS) is 26.7. The van der Waals surface area contributed by atoms with Gasteiger partial charge in [-0.25, -0.2) is 0 Å². The lowest BCUT2D eigenvalue weighted by Gasteiger charge is -2.50. The van der Waals surface area contributed by atoms with Crippen molar-refractivity contribution in [3.63, 3.8) is 0 Å². The summed E-state index contributed by atoms with van der Waals surface area (Å²) < 4.78 is 0.926. The molecule has 0 unspecified atom stereocenters. The summed E-state index contributed by atoms with van der Waals surface area (Å²) in [5, 5.41) is 0. The van der Waals surface area contributed by atoms with E-state index < -0.39 is 5.41 Å². The molecule has 142 valence electrons. The molecular formula is C25H18BrNO2. The highest BCUT2D eigenvalue weighted by molar-refractivity contribution is 9.10. The highest BCUT2D eigenvalue weighted by Crippen LogP contribution is 2.64. The molecule has 3 aliphatic carbocycles. The zero-order valence-corrected chi connectivity index (χ0v) is 17.2. The largest absolute Gasteiger partial charge is 0.274 e. The molecule has 4 aliphatic rings. The molecule has 3 nitrogen and oxygen atoms in total. The Labute approximate surface area is 177 Å². The molecule has 1 aliphatic heterocycles. The van der Waals surface area contributed by atoms with Crippen LogP contribution in [-0.4, -0.2) is 11.8 Å². The van der Waals surface area contributed by atoms with Gasteiger partial charge in [0.15, 0.2) is 0 Å². The Bertz CT molecular complexity index is 1140. The molecule has 29 heavy (non-hydrogen) atoms. The summed E-state index contributed by atoms with van der Waals surface area (Å²) in [7, 11) is 0. The van der Waals surface area contributed by atoms with Crippen LogP contribution in [0.2, 0.25) is 0 Å². The number of amides is 2. The first-order valence-electron chi connectivity index (χ1n) is 9.91. The van der Waals surface area contributed by atoms with Crippen molar-refractivity contribution >= 4 is 33.4 Å². The molecule has 0 aromatic heterocycles. The van der Waals surface area contributed by atoms with Gasteiger partial charge in [0, 0.05) is 22.7 Å². The first-order chi connectivity index (χ1) is 14.1. The number of carbonyl (C=O) groups excluding carboxylic acids is 2. The van der Waals surface area contributed by atoms with Crippen molar-refractivity contribution in [3.8, 4) is 0 Å². The SMILES string of the molecule is O=C1C[C@@]2(CC3c4ccccc4C2c2ccccc23)C(=O)N1c1ccc(Br)cc1. The lowest BCUT2D eigenvalue weighted by atomic mass is 9.51. The summed E-state index contributed by atoms with van der Waals surface area (Å²) in [6.45, 7) is 0. The molecule has 1 fully saturated rings. The number of halogens is 1. The molecule has 0 radical (unpaired) electrons. The van der Waals surface area contributed by atoms with Gasteiger partial charge in [0.2, 0.25) is 11.8 Å². The molecule has 7 rings (SSSR count). The zero-order valence-electron chi connectivity index (χ0n) is 15.6. The van der Waals surface area contributed by atoms with Gasteiger partial charge in [-0.1, -0.05) is 64.5 Å². The van der Waals surface area contributed by atoms with E-state index in [4.69, 9.17) is 0 Å². The van der Waals surface area contributed by atoms with Gasteiger partial charge in [-0.15, -0.1) is 0 Å². The number of imide groups is 1. The highest BCUT2D eigenvalue weighted by atomic mass is 79.9. The Morgan fingerprint density at radius 3 is 1.93 bits per heavy atom. The Morgan fingerprint density at radius 2 is 1.34 bits per heavy atom. The average Bonchev–Trinajstić information content (AvgIpc) is 2.98. The molecule has 0 N–H and O–H groups in total. The van der Waals surface area contributed by atoms with E-state index in [9.17, 15) is 9.59 Å². The van der Waals surface area contributed by atoms with Crippen LogP contribution in [0, 0.1) is 5.41 Å². The van der Waals surface area contributed by atoms with Crippen molar-refractivity contribution in [3.05, 3.63) is 99.5 Å². The van der Waals surface area contributed by atoms with Crippen molar-refractivity contribution < 1.29 is 9.59 Å². The molecule has 1 heterocycles. The van der Waals surface area contributed by atoms with Crippen molar-refractivity contribution in [1.82, 2.24) is 0 Å². The second-order valence-corrected chi connectivity index (χ2v) is 9.21. The van der Waals surface area contributed by atoms with E-state index in [1.807, 2.05) is 36.4 Å². The number of nitrogens with zero attached hydrogens (tertiary/aromatic N) is 1. The zero-order chi connectivity index (χ0) is 19.8. The van der Waals surface area contributed by atoms with Crippen LogP contribution in [0.5, 0.6) is 0 Å². The Hall–Kier alpha value is -2.72. The Kier molecular flexibility index (Phi) is 3.49. The summed E-state index contributed by atoms with van der Waals surface area (Å²) >= 11 is 3.43. The fraction of sp³-hybridized carbons (Fsp3) is 0.200. The van der Waals surface area contributed by atoms with Gasteiger partial charge in [-0.2, -0.15) is 0 Å². The van der Waals surface area contributed by atoms with Crippen LogP contribution in [0.25, 0.3) is 0 Å². The second-order valence-electron chi connectivity index (χ2n) is 8.29. The quantitative estimate of drug-likeness (QED) is 0.473. The van der Waals surface area contributed by atoms with Gasteiger partial charge in [-0.05, 0) is 52.9 Å². The fourth-order valence-electron chi connectivity index (χ4n) is 5.81. The third-order valence-corrected chi connectivity index (χ3v) is 7.44. The number of carbonyl (C=O) groups is 2. The van der Waals surface area contributed by atoms with Crippen LogP contribution in [0.4, 0.5) is 5.69 Å². The van der Waals surface area contributed by atoms with Crippen molar-refractivity contribution in [2.45, 2.75) is 24.7 Å². The van der Waals surface area contributed by atoms with Crippen molar-refractivity contribution in [2.75, 3.05) is 4.90 Å². The van der Waals surface area contributed by atoms with Crippen molar-refractivity contribution in [1.29, 1.82) is 0 Å². The van der Waals surface area contributed by atoms with Crippen LogP contribution in [0.3, 0.4) is 0 Å². The van der Waals surface area contributed by atoms with Gasteiger partial charge in [0.05, 0.1) is 11.1 Å². The van der Waals surface area contributed by atoms with Crippen LogP contribution in [-0.2, 0) is 9.59 Å². The maximum atomic E-state index is 13.9. The van der Waals surface area contributed by atoms with Gasteiger partial charge in [-0.3, -0.25) is 14.5 Å². The molecule has 2 amide bonds. The van der Waals surface area contributed by atoms with Gasteiger partial charge >= 0.3 is 0 Å². The number of rotatable bonds is 1. The lowest BCUT2D eigenvalue weighted by molar-refractivity contribution is -0.127. The van der Waals surface area contributed by atoms with Crippen molar-refractivity contribution in [2.24, 2.45) is 5.41 Å². The smallest absolute Gasteiger partial charge is 0.241 e. The third-order valence-electron chi connectivity index (χ3n) is 6.92. The monoisotopic (exact) mass is 443 g/mol. The molecule has 1 saturated heterocycles. The van der Waals surface area contributed by atoms with E-state index in [1.54, 1.807) is 0 Å². The number of anilines is 1. The lowest BCUT2D eigenvalue weighted by Crippen LogP contribution is -2.47. The van der Waals surface area contributed by atoms with E-state index >= 15 is 0 Å². The number of hydrogen-bond acceptors (Lipinski definition) is 2. The average molecular weight is 444 g/mol. The van der Waals surface area contributed by atoms with Crippen LogP contribution in [0.15, 0.2) is 77.3 Å². The topological polar surface area (TPSA) is 37.4 Å². The van der Waals surface area contributed by atoms with E-state index in [0.717, 1.165) is 4.47 Å². The van der Waals surface area contributed by atoms with Crippen LogP contribution >= 0.6 is 15.9 Å². The maximum absolute atomic E-state index is 13.9. The first-order valence-corrected chi connectivity index (χ1v) is 10.7. The van der Waals surface area contributed by atoms with E-state index in [0.29, 0.717) is 12.1 Å². The van der Waals surface area contributed by atoms with E-state index in [1.165, 1.54) is 27.2 Å². The summed E-state index contributed by atoms with van der Waals surface area (Å²) in [6.07, 6.45) is 0.967. The molecule has 0 saturated carbocycles. The molecule has 2 bridgehead atoms. The summed E-state index contributed by atoms with van der Waals surface area (Å²) in [5.41, 5.74) is 5.00. The predicted molar refractivity (Wildman–Crippen MR) is 115 cm³/mol. The minimum atomic E-state index is -0.697. The molecule has 3 aromatic rings.